The highest BCUT2D eigenvalue weighted by Gasteiger charge is 2.39. The molecule has 1 aliphatic heterocycles. The van der Waals surface area contributed by atoms with E-state index in [1.54, 1.807) is 0 Å². The molecule has 92 valence electrons. The van der Waals surface area contributed by atoms with Gasteiger partial charge in [-0.2, -0.15) is 5.21 Å². The maximum atomic E-state index is 11.9. The molecule has 1 atom stereocenters. The third-order valence-electron chi connectivity index (χ3n) is 2.60. The fourth-order valence-electron chi connectivity index (χ4n) is 1.82. The van der Waals surface area contributed by atoms with Crippen LogP contribution >= 0.6 is 0 Å². The van der Waals surface area contributed by atoms with Gasteiger partial charge in [-0.1, -0.05) is 5.21 Å². The molecule has 1 aromatic heterocycles. The Kier molecular flexibility index (Phi) is 3.14. The molecular weight excluding hydrogens is 224 g/mol. The van der Waals surface area contributed by atoms with Crippen molar-refractivity contribution in [3.63, 3.8) is 0 Å². The third-order valence-corrected chi connectivity index (χ3v) is 2.60. The van der Waals surface area contributed by atoms with Crippen molar-refractivity contribution in [1.82, 2.24) is 30.8 Å². The number of imide groups is 1. The van der Waals surface area contributed by atoms with Crippen LogP contribution in [0.3, 0.4) is 0 Å². The van der Waals surface area contributed by atoms with Crippen molar-refractivity contribution >= 4 is 11.8 Å². The summed E-state index contributed by atoms with van der Waals surface area (Å²) < 4.78 is 0. The van der Waals surface area contributed by atoms with E-state index >= 15 is 0 Å². The van der Waals surface area contributed by atoms with Crippen LogP contribution in [-0.2, 0) is 16.1 Å². The first kappa shape index (κ1) is 11.6. The van der Waals surface area contributed by atoms with Crippen LogP contribution in [0.2, 0.25) is 0 Å². The Morgan fingerprint density at radius 3 is 2.82 bits per heavy atom. The molecule has 0 radical (unpaired) electrons. The first-order chi connectivity index (χ1) is 8.09. The van der Waals surface area contributed by atoms with E-state index in [0.717, 1.165) is 0 Å². The highest BCUT2D eigenvalue weighted by molar-refractivity contribution is 6.05. The molecule has 2 amide bonds. The van der Waals surface area contributed by atoms with Gasteiger partial charge in [-0.15, -0.1) is 10.2 Å². The summed E-state index contributed by atoms with van der Waals surface area (Å²) in [6, 6.07) is -0.588. The molecule has 1 aliphatic rings. The summed E-state index contributed by atoms with van der Waals surface area (Å²) in [6.07, 6.45) is 0.189. The molecule has 0 spiro atoms. The van der Waals surface area contributed by atoms with Crippen molar-refractivity contribution in [3.05, 3.63) is 5.82 Å². The maximum absolute atomic E-state index is 11.9. The number of aromatic amines is 1. The lowest BCUT2D eigenvalue weighted by Gasteiger charge is -2.18. The number of likely N-dealkylation sites (tertiary alicyclic amines) is 1. The first-order valence-electron chi connectivity index (χ1n) is 5.41. The van der Waals surface area contributed by atoms with E-state index in [1.807, 2.05) is 13.8 Å². The monoisotopic (exact) mass is 238 g/mol. The van der Waals surface area contributed by atoms with Crippen LogP contribution in [0.4, 0.5) is 0 Å². The molecule has 17 heavy (non-hydrogen) atoms. The van der Waals surface area contributed by atoms with Crippen LogP contribution in [0.1, 0.15) is 26.1 Å². The van der Waals surface area contributed by atoms with Gasteiger partial charge in [0.25, 0.3) is 0 Å². The molecule has 8 nitrogen and oxygen atoms in total. The van der Waals surface area contributed by atoms with E-state index in [9.17, 15) is 9.59 Å². The Morgan fingerprint density at radius 2 is 2.29 bits per heavy atom. The summed E-state index contributed by atoms with van der Waals surface area (Å²) in [7, 11) is 0. The Bertz CT molecular complexity index is 415. The fraction of sp³-hybridized carbons (Fsp3) is 0.667. The molecule has 1 fully saturated rings. The molecule has 1 aromatic rings. The molecule has 2 N–H and O–H groups in total. The van der Waals surface area contributed by atoms with E-state index in [4.69, 9.17) is 0 Å². The lowest BCUT2D eigenvalue weighted by Crippen LogP contribution is -2.41. The zero-order valence-corrected chi connectivity index (χ0v) is 9.67. The number of nitrogens with zero attached hydrogens (tertiary/aromatic N) is 4. The Balaban J connectivity index is 1.95. The number of carbonyl (C=O) groups is 2. The molecule has 0 aromatic carbocycles. The van der Waals surface area contributed by atoms with E-state index in [1.165, 1.54) is 4.90 Å². The van der Waals surface area contributed by atoms with Gasteiger partial charge in [0.2, 0.25) is 11.8 Å². The van der Waals surface area contributed by atoms with Crippen LogP contribution < -0.4 is 5.32 Å². The summed E-state index contributed by atoms with van der Waals surface area (Å²) in [4.78, 5) is 24.8. The largest absolute Gasteiger partial charge is 0.298 e. The van der Waals surface area contributed by atoms with Crippen molar-refractivity contribution in [2.24, 2.45) is 0 Å². The number of H-pyrrole nitrogens is 1. The zero-order valence-electron chi connectivity index (χ0n) is 9.67. The van der Waals surface area contributed by atoms with Crippen LogP contribution in [-0.4, -0.2) is 49.4 Å². The van der Waals surface area contributed by atoms with E-state index in [-0.39, 0.29) is 24.3 Å². The zero-order chi connectivity index (χ0) is 12.4. The minimum atomic E-state index is -0.483. The van der Waals surface area contributed by atoms with Gasteiger partial charge in [-0.25, -0.2) is 0 Å². The van der Waals surface area contributed by atoms with Gasteiger partial charge in [0.15, 0.2) is 5.82 Å². The second-order valence-corrected chi connectivity index (χ2v) is 4.16. The van der Waals surface area contributed by atoms with Gasteiger partial charge in [0.05, 0.1) is 19.0 Å². The number of rotatable bonds is 4. The Hall–Kier alpha value is -1.83. The minimum Gasteiger partial charge on any atom is -0.298 e. The lowest BCUT2D eigenvalue weighted by molar-refractivity contribution is -0.140. The Morgan fingerprint density at radius 1 is 1.53 bits per heavy atom. The van der Waals surface area contributed by atoms with Crippen LogP contribution in [0, 0.1) is 0 Å². The number of nitrogens with one attached hydrogen (secondary N) is 2. The molecular formula is C9H14N6O2. The van der Waals surface area contributed by atoms with Crippen LogP contribution in [0.25, 0.3) is 0 Å². The minimum absolute atomic E-state index is 0.105. The van der Waals surface area contributed by atoms with E-state index in [2.05, 4.69) is 25.9 Å². The van der Waals surface area contributed by atoms with Crippen molar-refractivity contribution in [1.29, 1.82) is 0 Å². The van der Waals surface area contributed by atoms with Gasteiger partial charge in [-0.3, -0.25) is 19.8 Å². The average Bonchev–Trinajstić information content (AvgIpc) is 2.84. The average molecular weight is 238 g/mol. The van der Waals surface area contributed by atoms with Gasteiger partial charge < -0.3 is 0 Å². The first-order valence-corrected chi connectivity index (χ1v) is 5.41. The number of hydrogen-bond donors (Lipinski definition) is 2. The third kappa shape index (κ3) is 2.31. The summed E-state index contributed by atoms with van der Waals surface area (Å²) >= 11 is 0. The molecule has 2 heterocycles. The van der Waals surface area contributed by atoms with Crippen molar-refractivity contribution in [2.45, 2.75) is 38.9 Å². The molecule has 0 saturated carbocycles. The van der Waals surface area contributed by atoms with E-state index in [0.29, 0.717) is 12.4 Å². The summed E-state index contributed by atoms with van der Waals surface area (Å²) in [6.45, 7) is 3.95. The fourth-order valence-corrected chi connectivity index (χ4v) is 1.82. The number of hydrogen-bond acceptors (Lipinski definition) is 6. The maximum Gasteiger partial charge on any atom is 0.247 e. The molecule has 1 saturated heterocycles. The number of amides is 2. The predicted molar refractivity (Wildman–Crippen MR) is 56.4 cm³/mol. The molecule has 0 aliphatic carbocycles. The number of tetrazole rings is 1. The summed E-state index contributed by atoms with van der Waals surface area (Å²) in [5, 5.41) is 16.2. The van der Waals surface area contributed by atoms with Gasteiger partial charge in [-0.05, 0) is 13.8 Å². The van der Waals surface area contributed by atoms with Gasteiger partial charge in [0, 0.05) is 6.04 Å². The quantitative estimate of drug-likeness (QED) is 0.640. The number of carbonyl (C=O) groups excluding carboxylic acids is 2. The second-order valence-electron chi connectivity index (χ2n) is 4.16. The Labute approximate surface area is 97.8 Å². The summed E-state index contributed by atoms with van der Waals surface area (Å²) in [5.74, 6) is 0.136. The van der Waals surface area contributed by atoms with Crippen molar-refractivity contribution in [3.8, 4) is 0 Å². The molecule has 8 heteroatoms. The summed E-state index contributed by atoms with van der Waals surface area (Å²) in [5.41, 5.74) is 0. The van der Waals surface area contributed by atoms with Crippen molar-refractivity contribution in [2.75, 3.05) is 0 Å². The predicted octanol–water partition coefficient (Wildman–Crippen LogP) is -1.17. The smallest absolute Gasteiger partial charge is 0.247 e. The van der Waals surface area contributed by atoms with Crippen LogP contribution in [0.5, 0.6) is 0 Å². The second kappa shape index (κ2) is 4.58. The number of aromatic nitrogens is 4. The molecule has 2 rings (SSSR count). The van der Waals surface area contributed by atoms with Gasteiger partial charge in [0.1, 0.15) is 0 Å². The SMILES string of the molecule is CC(C)N1C(=O)CC(NCc2nn[nH]n2)C1=O. The molecule has 1 unspecified atom stereocenters. The lowest BCUT2D eigenvalue weighted by atomic mass is 10.2. The standard InChI is InChI=1S/C9H14N6O2/c1-5(2)15-8(16)3-6(9(15)17)10-4-7-11-13-14-12-7/h5-6,10H,3-4H2,1-2H3,(H,11,12,13,14). The van der Waals surface area contributed by atoms with E-state index < -0.39 is 6.04 Å². The highest BCUT2D eigenvalue weighted by Crippen LogP contribution is 2.16. The van der Waals surface area contributed by atoms with Crippen molar-refractivity contribution < 1.29 is 9.59 Å². The van der Waals surface area contributed by atoms with Crippen LogP contribution in [0.15, 0.2) is 0 Å². The normalized spacial score (nSPS) is 20.6. The molecule has 0 bridgehead atoms. The highest BCUT2D eigenvalue weighted by atomic mass is 16.2. The van der Waals surface area contributed by atoms with Gasteiger partial charge >= 0.3 is 0 Å². The topological polar surface area (TPSA) is 104 Å².